The Bertz CT molecular complexity index is 571. The minimum atomic E-state index is -2.91. The van der Waals surface area contributed by atoms with Gasteiger partial charge in [-0.2, -0.15) is 0 Å². The summed E-state index contributed by atoms with van der Waals surface area (Å²) in [6.07, 6.45) is 2.09. The molecule has 2 amide bonds. The van der Waals surface area contributed by atoms with Crippen LogP contribution in [0.15, 0.2) is 18.3 Å². The molecule has 2 N–H and O–H groups in total. The van der Waals surface area contributed by atoms with E-state index in [-0.39, 0.29) is 23.5 Å². The van der Waals surface area contributed by atoms with E-state index in [0.29, 0.717) is 24.5 Å². The minimum absolute atomic E-state index is 0.000239. The van der Waals surface area contributed by atoms with E-state index in [1.807, 2.05) is 0 Å². The van der Waals surface area contributed by atoms with Gasteiger partial charge < -0.3 is 15.4 Å². The Morgan fingerprint density at radius 2 is 2.30 bits per heavy atom. The quantitative estimate of drug-likeness (QED) is 0.850. The molecule has 1 aliphatic rings. The van der Waals surface area contributed by atoms with E-state index in [0.717, 1.165) is 0 Å². The first kappa shape index (κ1) is 14.6. The maximum absolute atomic E-state index is 11.7. The van der Waals surface area contributed by atoms with Crippen LogP contribution >= 0.6 is 0 Å². The number of nitrogens with one attached hydrogen (secondary N) is 2. The van der Waals surface area contributed by atoms with Gasteiger partial charge in [0, 0.05) is 12.6 Å². The van der Waals surface area contributed by atoms with Crippen LogP contribution in [0.1, 0.15) is 6.42 Å². The Morgan fingerprint density at radius 3 is 2.85 bits per heavy atom. The highest BCUT2D eigenvalue weighted by molar-refractivity contribution is 7.91. The molecule has 0 bridgehead atoms. The molecule has 1 fully saturated rings. The number of urea groups is 1. The molecule has 7 nitrogen and oxygen atoms in total. The summed E-state index contributed by atoms with van der Waals surface area (Å²) < 4.78 is 27.5. The van der Waals surface area contributed by atoms with E-state index in [9.17, 15) is 13.2 Å². The molecule has 0 unspecified atom stereocenters. The summed E-state index contributed by atoms with van der Waals surface area (Å²) in [6, 6.07) is 2.94. The largest absolute Gasteiger partial charge is 0.481 e. The monoisotopic (exact) mass is 299 g/mol. The molecule has 0 aliphatic carbocycles. The van der Waals surface area contributed by atoms with Gasteiger partial charge in [-0.25, -0.2) is 18.2 Å². The molecule has 2 heterocycles. The Labute approximate surface area is 117 Å². The maximum atomic E-state index is 11.7. The van der Waals surface area contributed by atoms with Crippen LogP contribution in [0.25, 0.3) is 0 Å². The van der Waals surface area contributed by atoms with Crippen molar-refractivity contribution in [2.45, 2.75) is 6.42 Å². The lowest BCUT2D eigenvalue weighted by Gasteiger charge is -2.10. The molecule has 20 heavy (non-hydrogen) atoms. The van der Waals surface area contributed by atoms with Crippen LogP contribution in [-0.2, 0) is 9.84 Å². The van der Waals surface area contributed by atoms with Crippen LogP contribution in [-0.4, -0.2) is 44.6 Å². The zero-order valence-corrected chi connectivity index (χ0v) is 11.9. The van der Waals surface area contributed by atoms with Crippen molar-refractivity contribution in [3.8, 4) is 5.88 Å². The normalized spacial score (nSPS) is 20.4. The highest BCUT2D eigenvalue weighted by atomic mass is 32.2. The number of anilines is 1. The van der Waals surface area contributed by atoms with E-state index in [1.54, 1.807) is 12.1 Å². The lowest BCUT2D eigenvalue weighted by Crippen LogP contribution is -2.33. The summed E-state index contributed by atoms with van der Waals surface area (Å²) in [7, 11) is -1.39. The zero-order chi connectivity index (χ0) is 14.6. The topological polar surface area (TPSA) is 97.4 Å². The number of aromatic nitrogens is 1. The first-order valence-corrected chi connectivity index (χ1v) is 8.06. The Morgan fingerprint density at radius 1 is 1.50 bits per heavy atom. The minimum Gasteiger partial charge on any atom is -0.481 e. The number of methoxy groups -OCH3 is 1. The average molecular weight is 299 g/mol. The average Bonchev–Trinajstić information content (AvgIpc) is 2.77. The van der Waals surface area contributed by atoms with Gasteiger partial charge in [-0.1, -0.05) is 0 Å². The lowest BCUT2D eigenvalue weighted by molar-refractivity contribution is 0.250. The number of carbonyl (C=O) groups is 1. The fraction of sp³-hybridized carbons (Fsp3) is 0.500. The number of sulfone groups is 1. The molecule has 1 aromatic heterocycles. The predicted octanol–water partition coefficient (Wildman–Crippen LogP) is 0.646. The molecular weight excluding hydrogens is 282 g/mol. The third kappa shape index (κ3) is 4.09. The van der Waals surface area contributed by atoms with Crippen molar-refractivity contribution in [3.05, 3.63) is 18.3 Å². The third-order valence-electron chi connectivity index (χ3n) is 3.08. The van der Waals surface area contributed by atoms with Crippen LogP contribution in [0.4, 0.5) is 10.5 Å². The van der Waals surface area contributed by atoms with E-state index in [4.69, 9.17) is 4.74 Å². The van der Waals surface area contributed by atoms with Crippen molar-refractivity contribution in [2.75, 3.05) is 30.5 Å². The third-order valence-corrected chi connectivity index (χ3v) is 4.92. The van der Waals surface area contributed by atoms with E-state index < -0.39 is 9.84 Å². The van der Waals surface area contributed by atoms with Gasteiger partial charge in [-0.3, -0.25) is 0 Å². The van der Waals surface area contributed by atoms with Crippen LogP contribution in [0.5, 0.6) is 5.88 Å². The first-order chi connectivity index (χ1) is 9.48. The van der Waals surface area contributed by atoms with Gasteiger partial charge in [0.1, 0.15) is 0 Å². The summed E-state index contributed by atoms with van der Waals surface area (Å²) in [5, 5.41) is 5.29. The van der Waals surface area contributed by atoms with Gasteiger partial charge >= 0.3 is 6.03 Å². The number of pyridine rings is 1. The number of rotatable bonds is 4. The van der Waals surface area contributed by atoms with E-state index >= 15 is 0 Å². The Hall–Kier alpha value is -1.83. The first-order valence-electron chi connectivity index (χ1n) is 6.24. The number of amides is 2. The smallest absolute Gasteiger partial charge is 0.319 e. The van der Waals surface area contributed by atoms with Crippen LogP contribution < -0.4 is 15.4 Å². The van der Waals surface area contributed by atoms with Gasteiger partial charge in [0.15, 0.2) is 9.84 Å². The van der Waals surface area contributed by atoms with Gasteiger partial charge in [-0.05, 0) is 18.4 Å². The molecule has 2 rings (SSSR count). The molecular formula is C12H17N3O4S. The fourth-order valence-electron chi connectivity index (χ4n) is 2.02. The van der Waals surface area contributed by atoms with Gasteiger partial charge in [-0.15, -0.1) is 0 Å². The molecule has 1 atom stereocenters. The molecule has 8 heteroatoms. The van der Waals surface area contributed by atoms with Crippen LogP contribution in [0.2, 0.25) is 0 Å². The molecule has 1 saturated heterocycles. The standard InChI is InChI=1S/C12H17N3O4S/c1-19-11-3-2-10(7-13-11)15-12(16)14-6-9-4-5-20(17,18)8-9/h2-3,7,9H,4-6,8H2,1H3,(H2,14,15,16)/t9-/m0/s1. The number of hydrogen-bond donors (Lipinski definition) is 2. The predicted molar refractivity (Wildman–Crippen MR) is 74.6 cm³/mol. The zero-order valence-electron chi connectivity index (χ0n) is 11.1. The van der Waals surface area contributed by atoms with Crippen molar-refractivity contribution >= 4 is 21.6 Å². The lowest BCUT2D eigenvalue weighted by atomic mass is 10.1. The van der Waals surface area contributed by atoms with Gasteiger partial charge in [0.25, 0.3) is 0 Å². The fourth-order valence-corrected chi connectivity index (χ4v) is 3.88. The molecule has 1 aliphatic heterocycles. The molecule has 0 spiro atoms. The van der Waals surface area contributed by atoms with E-state index in [1.165, 1.54) is 13.3 Å². The Kier molecular flexibility index (Phi) is 4.43. The van der Waals surface area contributed by atoms with E-state index in [2.05, 4.69) is 15.6 Å². The number of hydrogen-bond acceptors (Lipinski definition) is 5. The second-order valence-corrected chi connectivity index (χ2v) is 6.92. The summed E-state index contributed by atoms with van der Waals surface area (Å²) in [6.45, 7) is 0.356. The molecule has 0 saturated carbocycles. The SMILES string of the molecule is COc1ccc(NC(=O)NC[C@@H]2CCS(=O)(=O)C2)cn1. The summed E-state index contributed by atoms with van der Waals surface area (Å²) in [4.78, 5) is 15.6. The molecule has 0 aromatic carbocycles. The second kappa shape index (κ2) is 6.08. The number of nitrogens with zero attached hydrogens (tertiary/aromatic N) is 1. The second-order valence-electron chi connectivity index (χ2n) is 4.69. The van der Waals surface area contributed by atoms with Crippen molar-refractivity contribution in [1.82, 2.24) is 10.3 Å². The van der Waals surface area contributed by atoms with Crippen molar-refractivity contribution in [3.63, 3.8) is 0 Å². The summed E-state index contributed by atoms with van der Waals surface area (Å²) in [5.41, 5.74) is 0.544. The number of ether oxygens (including phenoxy) is 1. The summed E-state index contributed by atoms with van der Waals surface area (Å²) in [5.74, 6) is 0.827. The van der Waals surface area contributed by atoms with Gasteiger partial charge in [0.05, 0.1) is 30.5 Å². The molecule has 110 valence electrons. The highest BCUT2D eigenvalue weighted by Crippen LogP contribution is 2.17. The Balaban J connectivity index is 1.78. The number of carbonyl (C=O) groups excluding carboxylic acids is 1. The van der Waals surface area contributed by atoms with Crippen molar-refractivity contribution in [1.29, 1.82) is 0 Å². The summed E-state index contributed by atoms with van der Waals surface area (Å²) >= 11 is 0. The maximum Gasteiger partial charge on any atom is 0.319 e. The molecule has 1 aromatic rings. The van der Waals surface area contributed by atoms with Crippen LogP contribution in [0.3, 0.4) is 0 Å². The molecule has 0 radical (unpaired) electrons. The van der Waals surface area contributed by atoms with Gasteiger partial charge in [0.2, 0.25) is 5.88 Å². The van der Waals surface area contributed by atoms with Crippen molar-refractivity contribution in [2.24, 2.45) is 5.92 Å². The van der Waals surface area contributed by atoms with Crippen LogP contribution in [0, 0.1) is 5.92 Å². The highest BCUT2D eigenvalue weighted by Gasteiger charge is 2.27. The van der Waals surface area contributed by atoms with Crippen molar-refractivity contribution < 1.29 is 17.9 Å².